The van der Waals surface area contributed by atoms with Crippen molar-refractivity contribution in [1.29, 1.82) is 0 Å². The number of anilines is 1. The summed E-state index contributed by atoms with van der Waals surface area (Å²) >= 11 is 0. The predicted octanol–water partition coefficient (Wildman–Crippen LogP) is 3.79. The van der Waals surface area contributed by atoms with Crippen molar-refractivity contribution in [1.82, 2.24) is 20.3 Å². The van der Waals surface area contributed by atoms with Crippen LogP contribution in [-0.2, 0) is 32.5 Å². The van der Waals surface area contributed by atoms with E-state index in [0.29, 0.717) is 23.2 Å². The van der Waals surface area contributed by atoms with Gasteiger partial charge < -0.3 is 19.7 Å². The van der Waals surface area contributed by atoms with Gasteiger partial charge in [0.2, 0.25) is 0 Å². The van der Waals surface area contributed by atoms with Crippen molar-refractivity contribution in [3.63, 3.8) is 0 Å². The Bertz CT molecular complexity index is 1740. The second-order valence-electron chi connectivity index (χ2n) is 10.9. The van der Waals surface area contributed by atoms with Crippen LogP contribution in [0.4, 0.5) is 5.82 Å². The average molecular weight is 588 g/mol. The monoisotopic (exact) mass is 587 g/mol. The van der Waals surface area contributed by atoms with Crippen molar-refractivity contribution in [2.45, 2.75) is 36.9 Å². The molecule has 42 heavy (non-hydrogen) atoms. The number of methoxy groups -OCH3 is 1. The molecule has 2 aliphatic rings. The molecule has 3 aromatic heterocycles. The van der Waals surface area contributed by atoms with Crippen LogP contribution in [0.1, 0.15) is 34.5 Å². The van der Waals surface area contributed by atoms with Gasteiger partial charge in [0.15, 0.2) is 9.84 Å². The van der Waals surface area contributed by atoms with Crippen LogP contribution in [0.25, 0.3) is 22.3 Å². The molecule has 1 aliphatic heterocycles. The first-order chi connectivity index (χ1) is 20.3. The molecule has 0 saturated heterocycles. The van der Waals surface area contributed by atoms with E-state index < -0.39 is 9.84 Å². The number of benzene rings is 1. The van der Waals surface area contributed by atoms with Crippen LogP contribution >= 0.6 is 0 Å². The number of carbonyl (C=O) groups is 1. The number of fused-ring (bicyclic) bond motifs is 2. The number of nitrogens with zero attached hydrogens (tertiary/aromatic N) is 4. The fourth-order valence-electron chi connectivity index (χ4n) is 5.47. The van der Waals surface area contributed by atoms with Gasteiger partial charge in [0, 0.05) is 44.0 Å². The zero-order valence-electron chi connectivity index (χ0n) is 23.6. The van der Waals surface area contributed by atoms with Crippen LogP contribution in [0.3, 0.4) is 0 Å². The zero-order chi connectivity index (χ0) is 29.3. The second-order valence-corrected chi connectivity index (χ2v) is 13.0. The van der Waals surface area contributed by atoms with Gasteiger partial charge in [-0.25, -0.2) is 18.4 Å². The number of aromatic nitrogens is 3. The lowest BCUT2D eigenvalue weighted by atomic mass is 9.80. The maximum Gasteiger partial charge on any atom is 0.251 e. The van der Waals surface area contributed by atoms with E-state index in [-0.39, 0.29) is 41.9 Å². The third-order valence-corrected chi connectivity index (χ3v) is 9.75. The van der Waals surface area contributed by atoms with Crippen molar-refractivity contribution in [3.8, 4) is 11.4 Å². The maximum absolute atomic E-state index is 12.9. The van der Waals surface area contributed by atoms with Crippen LogP contribution in [0.2, 0.25) is 0 Å². The third kappa shape index (κ3) is 5.85. The molecule has 1 saturated carbocycles. The minimum atomic E-state index is -3.51. The van der Waals surface area contributed by atoms with Gasteiger partial charge >= 0.3 is 0 Å². The lowest BCUT2D eigenvalue weighted by Gasteiger charge is -2.41. The fraction of sp³-hybridized carbons (Fsp3) is 0.355. The van der Waals surface area contributed by atoms with Crippen LogP contribution < -0.4 is 10.2 Å². The number of hydrogen-bond donors (Lipinski definition) is 1. The number of rotatable bonds is 8. The van der Waals surface area contributed by atoms with Gasteiger partial charge in [0.1, 0.15) is 5.82 Å². The molecule has 0 spiro atoms. The summed E-state index contributed by atoms with van der Waals surface area (Å²) < 4.78 is 35.8. The molecule has 4 heterocycles. The Hall–Kier alpha value is -3.93. The topological polar surface area (TPSA) is 124 Å². The summed E-state index contributed by atoms with van der Waals surface area (Å²) in [6, 6.07) is 16.8. The van der Waals surface area contributed by atoms with Gasteiger partial charge in [0.05, 0.1) is 53.0 Å². The number of nitrogens with one attached hydrogen (secondary N) is 1. The Morgan fingerprint density at radius 1 is 1.10 bits per heavy atom. The van der Waals surface area contributed by atoms with Gasteiger partial charge in [-0.2, -0.15) is 0 Å². The number of pyridine rings is 3. The highest BCUT2D eigenvalue weighted by molar-refractivity contribution is 7.91. The molecule has 4 aromatic rings. The Labute approximate surface area is 245 Å². The number of hydrogen-bond acceptors (Lipinski definition) is 9. The predicted molar refractivity (Wildman–Crippen MR) is 159 cm³/mol. The lowest BCUT2D eigenvalue weighted by molar-refractivity contribution is 0.0950. The Balaban J connectivity index is 1.16. The van der Waals surface area contributed by atoms with Gasteiger partial charge in [0.25, 0.3) is 5.91 Å². The smallest absolute Gasteiger partial charge is 0.251 e. The van der Waals surface area contributed by atoms with Gasteiger partial charge in [-0.1, -0.05) is 12.1 Å². The van der Waals surface area contributed by atoms with E-state index in [0.717, 1.165) is 47.6 Å². The molecule has 0 unspecified atom stereocenters. The highest BCUT2D eigenvalue weighted by Gasteiger charge is 2.32. The molecule has 1 aromatic carbocycles. The van der Waals surface area contributed by atoms with Crippen LogP contribution in [-0.4, -0.2) is 68.4 Å². The number of amides is 1. The van der Waals surface area contributed by atoms with Gasteiger partial charge in [-0.15, -0.1) is 0 Å². The third-order valence-electron chi connectivity index (χ3n) is 8.00. The van der Waals surface area contributed by atoms with Crippen molar-refractivity contribution < 1.29 is 22.7 Å². The summed E-state index contributed by atoms with van der Waals surface area (Å²) in [6.45, 7) is 1.31. The van der Waals surface area contributed by atoms with E-state index in [1.54, 1.807) is 25.4 Å². The van der Waals surface area contributed by atoms with Gasteiger partial charge in [-0.05, 0) is 66.8 Å². The summed E-state index contributed by atoms with van der Waals surface area (Å²) in [4.78, 5) is 29.5. The maximum atomic E-state index is 12.9. The first-order valence-corrected chi connectivity index (χ1v) is 15.6. The Kier molecular flexibility index (Phi) is 7.89. The fourth-order valence-corrected chi connectivity index (χ4v) is 6.86. The second kappa shape index (κ2) is 11.7. The molecule has 11 heteroatoms. The largest absolute Gasteiger partial charge is 0.384 e. The molecule has 1 N–H and O–H groups in total. The molecular weight excluding hydrogens is 554 g/mol. The van der Waals surface area contributed by atoms with E-state index in [1.165, 1.54) is 6.07 Å². The van der Waals surface area contributed by atoms with Crippen molar-refractivity contribution in [3.05, 3.63) is 77.6 Å². The van der Waals surface area contributed by atoms with Gasteiger partial charge in [-0.3, -0.25) is 9.78 Å². The summed E-state index contributed by atoms with van der Waals surface area (Å²) in [5, 5.41) is 3.72. The first kappa shape index (κ1) is 28.2. The first-order valence-electron chi connectivity index (χ1n) is 14.0. The summed E-state index contributed by atoms with van der Waals surface area (Å²) in [5.74, 6) is 1.03. The molecule has 1 fully saturated rings. The van der Waals surface area contributed by atoms with Crippen molar-refractivity contribution in [2.24, 2.45) is 5.92 Å². The zero-order valence-corrected chi connectivity index (χ0v) is 24.4. The molecule has 10 nitrogen and oxygen atoms in total. The molecule has 1 amide bonds. The van der Waals surface area contributed by atoms with Crippen LogP contribution in [0, 0.1) is 5.92 Å². The van der Waals surface area contributed by atoms with E-state index in [2.05, 4.69) is 22.2 Å². The minimum Gasteiger partial charge on any atom is -0.384 e. The number of ether oxygens (including phenoxy) is 2. The number of carbonyl (C=O) groups excluding carboxylic acids is 1. The quantitative estimate of drug-likeness (QED) is 0.328. The number of sulfone groups is 1. The highest BCUT2D eigenvalue weighted by atomic mass is 32.2. The van der Waals surface area contributed by atoms with Crippen LogP contribution in [0.15, 0.2) is 65.7 Å². The van der Waals surface area contributed by atoms with E-state index in [4.69, 9.17) is 19.4 Å². The molecule has 6 rings (SSSR count). The normalized spacial score (nSPS) is 19.4. The minimum absolute atomic E-state index is 0.104. The lowest BCUT2D eigenvalue weighted by Crippen LogP contribution is -2.44. The molecule has 0 atom stereocenters. The summed E-state index contributed by atoms with van der Waals surface area (Å²) in [5.41, 5.74) is 3.74. The molecule has 218 valence electrons. The SMILES string of the molecule is COCC1CC(N(C)c2cccc(-c3ccc4cnc(CNC(=O)c5ccc6c(c5)S(=O)(=O)CCOC6)cc4n3)n2)C1. The van der Waals surface area contributed by atoms with Crippen molar-refractivity contribution in [2.75, 3.05) is 38.0 Å². The van der Waals surface area contributed by atoms with E-state index in [9.17, 15) is 13.2 Å². The van der Waals surface area contributed by atoms with Crippen LogP contribution in [0.5, 0.6) is 0 Å². The Morgan fingerprint density at radius 3 is 2.76 bits per heavy atom. The van der Waals surface area contributed by atoms with Crippen molar-refractivity contribution >= 4 is 32.5 Å². The summed E-state index contributed by atoms with van der Waals surface area (Å²) in [7, 11) is 0.323. The standard InChI is InChI=1S/C31H33N5O5S/c1-36(25-12-20(13-25)18-40-2)30-5-3-4-26(35-30)27-9-8-22-16-32-24(15-28(22)34-27)17-33-31(37)21-6-7-23-19-41-10-11-42(38,39)29(23)14-21/h3-9,14-16,20,25H,10-13,17-19H2,1-2H3,(H,33,37). The van der Waals surface area contributed by atoms with E-state index in [1.807, 2.05) is 36.4 Å². The van der Waals surface area contributed by atoms with E-state index >= 15 is 0 Å². The average Bonchev–Trinajstić information content (AvgIpc) is 3.14. The highest BCUT2D eigenvalue weighted by Crippen LogP contribution is 2.34. The molecule has 0 radical (unpaired) electrons. The molecular formula is C31H33N5O5S. The Morgan fingerprint density at radius 2 is 1.93 bits per heavy atom. The molecule has 1 aliphatic carbocycles. The summed E-state index contributed by atoms with van der Waals surface area (Å²) in [6.07, 6.45) is 3.92. The molecule has 0 bridgehead atoms.